The molecule has 2 unspecified atom stereocenters. The Morgan fingerprint density at radius 2 is 2.05 bits per heavy atom. The van der Waals surface area contributed by atoms with Crippen molar-refractivity contribution < 1.29 is 9.90 Å². The van der Waals surface area contributed by atoms with Crippen molar-refractivity contribution in [1.29, 1.82) is 0 Å². The van der Waals surface area contributed by atoms with Crippen LogP contribution in [-0.2, 0) is 0 Å². The highest BCUT2D eigenvalue weighted by Gasteiger charge is 2.27. The molecule has 1 fully saturated rings. The lowest BCUT2D eigenvalue weighted by Crippen LogP contribution is -2.31. The van der Waals surface area contributed by atoms with Crippen LogP contribution in [0.4, 0.5) is 0 Å². The Morgan fingerprint density at radius 3 is 2.90 bits per heavy atom. The zero-order chi connectivity index (χ0) is 14.7. The van der Waals surface area contributed by atoms with Crippen LogP contribution in [0.3, 0.4) is 0 Å². The summed E-state index contributed by atoms with van der Waals surface area (Å²) in [6.45, 7) is 0.820. The van der Waals surface area contributed by atoms with Gasteiger partial charge in [-0.1, -0.05) is 12.5 Å². The van der Waals surface area contributed by atoms with Crippen LogP contribution >= 0.6 is 0 Å². The molecule has 2 aromatic rings. The van der Waals surface area contributed by atoms with E-state index in [1.165, 1.54) is 0 Å². The number of carbonyl (C=O) groups excluding carboxylic acids is 1. The Morgan fingerprint density at radius 1 is 1.24 bits per heavy atom. The normalized spacial score (nSPS) is 21.6. The van der Waals surface area contributed by atoms with Gasteiger partial charge < -0.3 is 10.4 Å². The molecular formula is C16H19N3O2. The zero-order valence-corrected chi connectivity index (χ0v) is 11.8. The summed E-state index contributed by atoms with van der Waals surface area (Å²) in [5.41, 5.74) is 1.90. The van der Waals surface area contributed by atoms with Crippen LogP contribution in [0, 0.1) is 11.8 Å². The molecule has 5 heteroatoms. The van der Waals surface area contributed by atoms with Crippen molar-refractivity contribution in [2.24, 2.45) is 11.8 Å². The fourth-order valence-electron chi connectivity index (χ4n) is 3.12. The van der Waals surface area contributed by atoms with Gasteiger partial charge in [0, 0.05) is 25.5 Å². The number of amides is 1. The molecule has 1 saturated carbocycles. The summed E-state index contributed by atoms with van der Waals surface area (Å²) < 4.78 is 0. The third kappa shape index (κ3) is 2.88. The van der Waals surface area contributed by atoms with Gasteiger partial charge in [0.2, 0.25) is 0 Å². The van der Waals surface area contributed by atoms with Gasteiger partial charge in [-0.2, -0.15) is 0 Å². The highest BCUT2D eigenvalue weighted by molar-refractivity contribution is 6.04. The summed E-state index contributed by atoms with van der Waals surface area (Å²) in [6.07, 6.45) is 6.47. The minimum atomic E-state index is -0.121. The minimum Gasteiger partial charge on any atom is -0.396 e. The van der Waals surface area contributed by atoms with Gasteiger partial charge >= 0.3 is 0 Å². The average molecular weight is 285 g/mol. The second-order valence-corrected chi connectivity index (χ2v) is 5.57. The van der Waals surface area contributed by atoms with E-state index >= 15 is 0 Å². The standard InChI is InChI=1S/C16H19N3O2/c20-10-12-4-1-3-11(12)9-19-16(21)13-5-2-6-14-15(13)18-8-7-17-14/h2,5-8,11-12,20H,1,3-4,9-10H2,(H,19,21). The number of para-hydroxylation sites is 1. The molecule has 0 aliphatic heterocycles. The summed E-state index contributed by atoms with van der Waals surface area (Å²) in [4.78, 5) is 20.8. The maximum absolute atomic E-state index is 12.4. The molecule has 1 heterocycles. The van der Waals surface area contributed by atoms with E-state index in [4.69, 9.17) is 0 Å². The summed E-state index contributed by atoms with van der Waals surface area (Å²) in [7, 11) is 0. The number of aliphatic hydroxyl groups excluding tert-OH is 1. The summed E-state index contributed by atoms with van der Waals surface area (Å²) in [5.74, 6) is 0.572. The van der Waals surface area contributed by atoms with Gasteiger partial charge in [0.25, 0.3) is 5.91 Å². The fourth-order valence-corrected chi connectivity index (χ4v) is 3.12. The SMILES string of the molecule is O=C(NCC1CCCC1CO)c1cccc2nccnc12. The topological polar surface area (TPSA) is 75.1 Å². The van der Waals surface area contributed by atoms with Crippen molar-refractivity contribution in [3.8, 4) is 0 Å². The summed E-state index contributed by atoms with van der Waals surface area (Å²) in [6, 6.07) is 5.43. The van der Waals surface area contributed by atoms with Crippen molar-refractivity contribution >= 4 is 16.9 Å². The van der Waals surface area contributed by atoms with E-state index in [-0.39, 0.29) is 12.5 Å². The van der Waals surface area contributed by atoms with Crippen LogP contribution in [-0.4, -0.2) is 34.1 Å². The van der Waals surface area contributed by atoms with E-state index in [9.17, 15) is 9.90 Å². The molecule has 2 N–H and O–H groups in total. The lowest BCUT2D eigenvalue weighted by molar-refractivity contribution is 0.0939. The van der Waals surface area contributed by atoms with Crippen molar-refractivity contribution in [3.63, 3.8) is 0 Å². The molecule has 1 aromatic carbocycles. The maximum Gasteiger partial charge on any atom is 0.253 e. The van der Waals surface area contributed by atoms with E-state index in [0.717, 1.165) is 24.8 Å². The van der Waals surface area contributed by atoms with Crippen molar-refractivity contribution in [2.75, 3.05) is 13.2 Å². The second kappa shape index (κ2) is 6.18. The molecule has 2 atom stereocenters. The van der Waals surface area contributed by atoms with Gasteiger partial charge in [-0.05, 0) is 36.8 Å². The van der Waals surface area contributed by atoms with Crippen molar-refractivity contribution in [2.45, 2.75) is 19.3 Å². The van der Waals surface area contributed by atoms with Gasteiger partial charge in [0.05, 0.1) is 11.1 Å². The van der Waals surface area contributed by atoms with Crippen LogP contribution < -0.4 is 5.32 Å². The first kappa shape index (κ1) is 13.9. The van der Waals surface area contributed by atoms with E-state index in [1.54, 1.807) is 18.5 Å². The number of benzene rings is 1. The minimum absolute atomic E-state index is 0.121. The Hall–Kier alpha value is -2.01. The van der Waals surface area contributed by atoms with Crippen LogP contribution in [0.15, 0.2) is 30.6 Å². The van der Waals surface area contributed by atoms with Gasteiger partial charge in [-0.25, -0.2) is 0 Å². The molecule has 21 heavy (non-hydrogen) atoms. The third-order valence-corrected chi connectivity index (χ3v) is 4.32. The number of hydrogen-bond acceptors (Lipinski definition) is 4. The van der Waals surface area contributed by atoms with E-state index in [1.807, 2.05) is 12.1 Å². The molecule has 0 radical (unpaired) electrons. The van der Waals surface area contributed by atoms with E-state index in [2.05, 4.69) is 15.3 Å². The van der Waals surface area contributed by atoms with Crippen LogP contribution in [0.1, 0.15) is 29.6 Å². The lowest BCUT2D eigenvalue weighted by atomic mass is 9.97. The quantitative estimate of drug-likeness (QED) is 0.897. The molecule has 1 aromatic heterocycles. The van der Waals surface area contributed by atoms with Crippen LogP contribution in [0.2, 0.25) is 0 Å². The molecule has 3 rings (SSSR count). The molecule has 0 saturated heterocycles. The number of rotatable bonds is 4. The van der Waals surface area contributed by atoms with Crippen molar-refractivity contribution in [3.05, 3.63) is 36.2 Å². The van der Waals surface area contributed by atoms with Crippen LogP contribution in [0.25, 0.3) is 11.0 Å². The molecule has 110 valence electrons. The number of carbonyl (C=O) groups is 1. The van der Waals surface area contributed by atoms with E-state index < -0.39 is 0 Å². The first-order chi connectivity index (χ1) is 10.3. The van der Waals surface area contributed by atoms with E-state index in [0.29, 0.717) is 29.5 Å². The number of hydrogen-bond donors (Lipinski definition) is 2. The number of aromatic nitrogens is 2. The highest BCUT2D eigenvalue weighted by Crippen LogP contribution is 2.30. The molecular weight excluding hydrogens is 266 g/mol. The summed E-state index contributed by atoms with van der Waals surface area (Å²) >= 11 is 0. The van der Waals surface area contributed by atoms with Crippen LogP contribution in [0.5, 0.6) is 0 Å². The third-order valence-electron chi connectivity index (χ3n) is 4.32. The number of nitrogens with one attached hydrogen (secondary N) is 1. The lowest BCUT2D eigenvalue weighted by Gasteiger charge is -2.17. The van der Waals surface area contributed by atoms with Crippen molar-refractivity contribution in [1.82, 2.24) is 15.3 Å². The predicted molar refractivity (Wildman–Crippen MR) is 79.8 cm³/mol. The Bertz CT molecular complexity index is 639. The molecule has 1 amide bonds. The Kier molecular flexibility index (Phi) is 4.10. The molecule has 0 spiro atoms. The maximum atomic E-state index is 12.4. The summed E-state index contributed by atoms with van der Waals surface area (Å²) in [5, 5.41) is 12.3. The smallest absolute Gasteiger partial charge is 0.253 e. The Balaban J connectivity index is 1.72. The average Bonchev–Trinajstić information content (AvgIpc) is 2.99. The largest absolute Gasteiger partial charge is 0.396 e. The van der Waals surface area contributed by atoms with Gasteiger partial charge in [0.15, 0.2) is 0 Å². The molecule has 1 aliphatic carbocycles. The molecule has 5 nitrogen and oxygen atoms in total. The predicted octanol–water partition coefficient (Wildman–Crippen LogP) is 1.77. The molecule has 1 aliphatic rings. The number of nitrogens with zero attached hydrogens (tertiary/aromatic N) is 2. The van der Waals surface area contributed by atoms with Gasteiger partial charge in [0.1, 0.15) is 5.52 Å². The second-order valence-electron chi connectivity index (χ2n) is 5.57. The van der Waals surface area contributed by atoms with Gasteiger partial charge in [-0.3, -0.25) is 14.8 Å². The number of aliphatic hydroxyl groups is 1. The number of fused-ring (bicyclic) bond motifs is 1. The monoisotopic (exact) mass is 285 g/mol. The Labute approximate surface area is 123 Å². The highest BCUT2D eigenvalue weighted by atomic mass is 16.3. The van der Waals surface area contributed by atoms with Gasteiger partial charge in [-0.15, -0.1) is 0 Å². The molecule has 0 bridgehead atoms. The first-order valence-corrected chi connectivity index (χ1v) is 7.38. The zero-order valence-electron chi connectivity index (χ0n) is 11.8. The first-order valence-electron chi connectivity index (χ1n) is 7.38. The fraction of sp³-hybridized carbons (Fsp3) is 0.438.